The second-order valence-corrected chi connectivity index (χ2v) is 7.06. The summed E-state index contributed by atoms with van der Waals surface area (Å²) in [6, 6.07) is 0. The summed E-state index contributed by atoms with van der Waals surface area (Å²) in [6.07, 6.45) is 6.14. The van der Waals surface area contributed by atoms with E-state index in [1.165, 1.54) is 37.4 Å². The number of methoxy groups -OCH3 is 1. The van der Waals surface area contributed by atoms with Crippen molar-refractivity contribution in [2.75, 3.05) is 32.7 Å². The van der Waals surface area contributed by atoms with Gasteiger partial charge in [-0.1, -0.05) is 38.5 Å². The summed E-state index contributed by atoms with van der Waals surface area (Å²) < 4.78 is 10.7. The van der Waals surface area contributed by atoms with E-state index >= 15 is 0 Å². The first-order valence-electron chi connectivity index (χ1n) is 7.30. The third kappa shape index (κ3) is 6.77. The zero-order valence-electron chi connectivity index (χ0n) is 12.6. The highest BCUT2D eigenvalue weighted by molar-refractivity contribution is 8.13. The molecule has 0 atom stereocenters. The molecule has 0 unspecified atom stereocenters. The number of thioether (sulfide) groups is 1. The lowest BCUT2D eigenvalue weighted by Crippen LogP contribution is -2.24. The molecule has 0 aromatic heterocycles. The number of hydrogen-bond acceptors (Lipinski definition) is 4. The van der Waals surface area contributed by atoms with Gasteiger partial charge in [-0.15, -0.1) is 0 Å². The molecule has 1 rings (SSSR count). The van der Waals surface area contributed by atoms with Crippen LogP contribution in [-0.2, 0) is 14.3 Å². The van der Waals surface area contributed by atoms with Crippen molar-refractivity contribution in [3.8, 4) is 0 Å². The molecule has 3 nitrogen and oxygen atoms in total. The van der Waals surface area contributed by atoms with Gasteiger partial charge in [0.15, 0.2) is 5.12 Å². The molecular weight excluding hydrogens is 260 g/mol. The third-order valence-electron chi connectivity index (χ3n) is 3.77. The van der Waals surface area contributed by atoms with Gasteiger partial charge in [-0.2, -0.15) is 0 Å². The lowest BCUT2D eigenvalue weighted by Gasteiger charge is -2.22. The van der Waals surface area contributed by atoms with Gasteiger partial charge in [-0.3, -0.25) is 4.79 Å². The summed E-state index contributed by atoms with van der Waals surface area (Å²) in [6.45, 7) is 6.22. The smallest absolute Gasteiger partial charge is 0.194 e. The van der Waals surface area contributed by atoms with Gasteiger partial charge in [0.1, 0.15) is 0 Å². The minimum atomic E-state index is -0.298. The fraction of sp³-hybridized carbons (Fsp3) is 0.933. The van der Waals surface area contributed by atoms with Crippen LogP contribution in [0.15, 0.2) is 0 Å². The highest BCUT2D eigenvalue weighted by Crippen LogP contribution is 2.29. The summed E-state index contributed by atoms with van der Waals surface area (Å²) in [5.74, 6) is 1.50. The third-order valence-corrected chi connectivity index (χ3v) is 4.96. The molecule has 0 aliphatic heterocycles. The first-order chi connectivity index (χ1) is 9.06. The lowest BCUT2D eigenvalue weighted by molar-refractivity contribution is -0.119. The largest absolute Gasteiger partial charge is 0.384 e. The van der Waals surface area contributed by atoms with Crippen LogP contribution in [0, 0.1) is 11.3 Å². The molecule has 0 amide bonds. The van der Waals surface area contributed by atoms with E-state index < -0.39 is 0 Å². The Morgan fingerprint density at radius 1 is 1.26 bits per heavy atom. The Morgan fingerprint density at radius 2 is 1.95 bits per heavy atom. The first kappa shape index (κ1) is 17.0. The maximum atomic E-state index is 12.0. The van der Waals surface area contributed by atoms with Crippen LogP contribution < -0.4 is 0 Å². The van der Waals surface area contributed by atoms with Crippen LogP contribution >= 0.6 is 11.8 Å². The van der Waals surface area contributed by atoms with E-state index in [9.17, 15) is 4.79 Å². The van der Waals surface area contributed by atoms with E-state index in [1.54, 1.807) is 7.11 Å². The Labute approximate surface area is 121 Å². The summed E-state index contributed by atoms with van der Waals surface area (Å²) in [7, 11) is 1.66. The van der Waals surface area contributed by atoms with Gasteiger partial charge in [0.05, 0.1) is 6.61 Å². The van der Waals surface area contributed by atoms with Gasteiger partial charge >= 0.3 is 0 Å². The zero-order chi connectivity index (χ0) is 14.1. The molecule has 0 saturated heterocycles. The number of carbonyl (C=O) groups excluding carboxylic acids is 1. The quantitative estimate of drug-likeness (QED) is 0.608. The standard InChI is InChI=1S/C15H28O3S/c1-15(2,14(16)19-11-10-17-3)8-9-18-12-13-6-4-5-7-13/h13H,4-12H2,1-3H3. The maximum absolute atomic E-state index is 12.0. The van der Waals surface area contributed by atoms with Gasteiger partial charge < -0.3 is 9.47 Å². The van der Waals surface area contributed by atoms with E-state index in [0.29, 0.717) is 13.2 Å². The molecule has 0 heterocycles. The molecule has 112 valence electrons. The van der Waals surface area contributed by atoms with Crippen molar-refractivity contribution in [1.82, 2.24) is 0 Å². The van der Waals surface area contributed by atoms with Crippen molar-refractivity contribution in [1.29, 1.82) is 0 Å². The van der Waals surface area contributed by atoms with Crippen LogP contribution in [0.1, 0.15) is 46.0 Å². The second-order valence-electron chi connectivity index (χ2n) is 5.99. The molecule has 0 bridgehead atoms. The molecule has 0 aromatic carbocycles. The van der Waals surface area contributed by atoms with Crippen LogP contribution in [0.5, 0.6) is 0 Å². The summed E-state index contributed by atoms with van der Waals surface area (Å²) in [5, 5.41) is 0.244. The predicted octanol–water partition coefficient (Wildman–Crippen LogP) is 3.52. The van der Waals surface area contributed by atoms with Crippen molar-refractivity contribution in [2.24, 2.45) is 11.3 Å². The second kappa shape index (κ2) is 8.98. The number of carbonyl (C=O) groups is 1. The van der Waals surface area contributed by atoms with Gasteiger partial charge in [0.2, 0.25) is 0 Å². The minimum Gasteiger partial charge on any atom is -0.384 e. The van der Waals surface area contributed by atoms with Crippen LogP contribution in [0.2, 0.25) is 0 Å². The van der Waals surface area contributed by atoms with E-state index in [0.717, 1.165) is 24.7 Å². The fourth-order valence-electron chi connectivity index (χ4n) is 2.27. The van der Waals surface area contributed by atoms with Gasteiger partial charge in [0, 0.05) is 31.5 Å². The highest BCUT2D eigenvalue weighted by atomic mass is 32.2. The van der Waals surface area contributed by atoms with Crippen molar-refractivity contribution >= 4 is 16.9 Å². The van der Waals surface area contributed by atoms with E-state index in [1.807, 2.05) is 13.8 Å². The normalized spacial score (nSPS) is 17.0. The fourth-order valence-corrected chi connectivity index (χ4v) is 3.20. The molecule has 0 spiro atoms. The van der Waals surface area contributed by atoms with Crippen molar-refractivity contribution in [3.63, 3.8) is 0 Å². The Balaban J connectivity index is 2.12. The molecule has 0 N–H and O–H groups in total. The molecule has 0 aromatic rings. The van der Waals surface area contributed by atoms with E-state index in [2.05, 4.69) is 0 Å². The van der Waals surface area contributed by atoms with Crippen LogP contribution in [-0.4, -0.2) is 37.8 Å². The molecule has 4 heteroatoms. The summed E-state index contributed by atoms with van der Waals surface area (Å²) in [5.41, 5.74) is -0.298. The average molecular weight is 288 g/mol. The van der Waals surface area contributed by atoms with Crippen LogP contribution in [0.25, 0.3) is 0 Å². The average Bonchev–Trinajstić information content (AvgIpc) is 2.88. The minimum absolute atomic E-state index is 0.244. The predicted molar refractivity (Wildman–Crippen MR) is 80.5 cm³/mol. The van der Waals surface area contributed by atoms with Crippen LogP contribution in [0.4, 0.5) is 0 Å². The molecule has 1 aliphatic carbocycles. The Hall–Kier alpha value is -0.0600. The maximum Gasteiger partial charge on any atom is 0.194 e. The molecular formula is C15H28O3S. The lowest BCUT2D eigenvalue weighted by atomic mass is 9.91. The Kier molecular flexibility index (Phi) is 8.03. The monoisotopic (exact) mass is 288 g/mol. The Bertz CT molecular complexity index is 260. The summed E-state index contributed by atoms with van der Waals surface area (Å²) in [4.78, 5) is 12.0. The van der Waals surface area contributed by atoms with Crippen molar-refractivity contribution < 1.29 is 14.3 Å². The number of hydrogen-bond donors (Lipinski definition) is 0. The zero-order valence-corrected chi connectivity index (χ0v) is 13.4. The highest BCUT2D eigenvalue weighted by Gasteiger charge is 2.27. The van der Waals surface area contributed by atoms with Gasteiger partial charge in [-0.25, -0.2) is 0 Å². The van der Waals surface area contributed by atoms with Crippen LogP contribution in [0.3, 0.4) is 0 Å². The summed E-state index contributed by atoms with van der Waals surface area (Å²) >= 11 is 1.37. The molecule has 19 heavy (non-hydrogen) atoms. The van der Waals surface area contributed by atoms with E-state index in [-0.39, 0.29) is 10.5 Å². The number of rotatable bonds is 9. The SMILES string of the molecule is COCCSC(=O)C(C)(C)CCOCC1CCCC1. The van der Waals surface area contributed by atoms with E-state index in [4.69, 9.17) is 9.47 Å². The molecule has 1 fully saturated rings. The topological polar surface area (TPSA) is 35.5 Å². The van der Waals surface area contributed by atoms with Gasteiger partial charge in [-0.05, 0) is 25.2 Å². The Morgan fingerprint density at radius 3 is 2.58 bits per heavy atom. The molecule has 0 radical (unpaired) electrons. The number of ether oxygens (including phenoxy) is 2. The first-order valence-corrected chi connectivity index (χ1v) is 8.29. The van der Waals surface area contributed by atoms with Gasteiger partial charge in [0.25, 0.3) is 0 Å². The van der Waals surface area contributed by atoms with Crippen molar-refractivity contribution in [2.45, 2.75) is 46.0 Å². The molecule has 1 aliphatic rings. The van der Waals surface area contributed by atoms with Crippen molar-refractivity contribution in [3.05, 3.63) is 0 Å². The molecule has 1 saturated carbocycles.